The molecule has 2 heterocycles. The van der Waals surface area contributed by atoms with Gasteiger partial charge in [-0.3, -0.25) is 9.69 Å². The summed E-state index contributed by atoms with van der Waals surface area (Å²) in [4.78, 5) is 18.3. The molecule has 1 fully saturated rings. The van der Waals surface area contributed by atoms with Crippen LogP contribution in [0.5, 0.6) is 0 Å². The van der Waals surface area contributed by atoms with Gasteiger partial charge >= 0.3 is 5.97 Å². The predicted octanol–water partition coefficient (Wildman–Crippen LogP) is 1.68. The second kappa shape index (κ2) is 5.28. The zero-order valence-electron chi connectivity index (χ0n) is 12.0. The summed E-state index contributed by atoms with van der Waals surface area (Å²) in [5, 5.41) is 3.76. The van der Waals surface area contributed by atoms with E-state index in [2.05, 4.69) is 10.1 Å². The van der Waals surface area contributed by atoms with Gasteiger partial charge in [0.1, 0.15) is 11.6 Å². The Morgan fingerprint density at radius 1 is 1.53 bits per heavy atom. The summed E-state index contributed by atoms with van der Waals surface area (Å²) >= 11 is 0. The van der Waals surface area contributed by atoms with Crippen LogP contribution in [0.15, 0.2) is 4.52 Å². The van der Waals surface area contributed by atoms with Crippen LogP contribution in [0.25, 0.3) is 0 Å². The second-order valence-electron chi connectivity index (χ2n) is 5.90. The third-order valence-electron chi connectivity index (χ3n) is 2.95. The molecular formula is C13H21N3O3. The molecule has 0 aromatic carbocycles. The minimum absolute atomic E-state index is 0.166. The van der Waals surface area contributed by atoms with Crippen molar-refractivity contribution in [1.29, 1.82) is 0 Å². The van der Waals surface area contributed by atoms with Gasteiger partial charge < -0.3 is 9.26 Å². The fourth-order valence-electron chi connectivity index (χ4n) is 2.23. The van der Waals surface area contributed by atoms with Crippen LogP contribution in [0.3, 0.4) is 0 Å². The monoisotopic (exact) mass is 267 g/mol. The Balaban J connectivity index is 1.98. The zero-order valence-corrected chi connectivity index (χ0v) is 12.0. The van der Waals surface area contributed by atoms with Gasteiger partial charge in [-0.25, -0.2) is 0 Å². The van der Waals surface area contributed by atoms with Crippen LogP contribution in [0.4, 0.5) is 0 Å². The molecule has 6 heteroatoms. The fourth-order valence-corrected chi connectivity index (χ4v) is 2.23. The van der Waals surface area contributed by atoms with Crippen LogP contribution >= 0.6 is 0 Å². The molecular weight excluding hydrogens is 246 g/mol. The lowest BCUT2D eigenvalue weighted by Crippen LogP contribution is -2.40. The highest BCUT2D eigenvalue weighted by molar-refractivity contribution is 5.76. The molecule has 1 atom stereocenters. The van der Waals surface area contributed by atoms with Gasteiger partial charge in [0.2, 0.25) is 5.89 Å². The van der Waals surface area contributed by atoms with Crippen molar-refractivity contribution in [2.75, 3.05) is 6.54 Å². The summed E-state index contributed by atoms with van der Waals surface area (Å²) < 4.78 is 10.5. The van der Waals surface area contributed by atoms with Crippen LogP contribution in [0, 0.1) is 6.92 Å². The average Bonchev–Trinajstić information content (AvgIpc) is 2.86. The first-order valence-electron chi connectivity index (χ1n) is 6.61. The van der Waals surface area contributed by atoms with E-state index in [0.717, 1.165) is 19.4 Å². The molecule has 0 aliphatic carbocycles. The van der Waals surface area contributed by atoms with Crippen molar-refractivity contribution < 1.29 is 14.1 Å². The number of ether oxygens (including phenoxy) is 1. The third-order valence-corrected chi connectivity index (χ3v) is 2.95. The van der Waals surface area contributed by atoms with Crippen molar-refractivity contribution in [1.82, 2.24) is 15.0 Å². The summed E-state index contributed by atoms with van der Waals surface area (Å²) in [6, 6.07) is -0.202. The first kappa shape index (κ1) is 14.0. The Hall–Kier alpha value is -1.43. The van der Waals surface area contributed by atoms with E-state index < -0.39 is 5.60 Å². The van der Waals surface area contributed by atoms with E-state index in [-0.39, 0.29) is 12.0 Å². The van der Waals surface area contributed by atoms with Crippen LogP contribution in [0.2, 0.25) is 0 Å². The molecule has 1 aromatic rings. The molecule has 0 amide bonds. The molecule has 19 heavy (non-hydrogen) atoms. The van der Waals surface area contributed by atoms with Crippen molar-refractivity contribution in [3.63, 3.8) is 0 Å². The lowest BCUT2D eigenvalue weighted by molar-refractivity contribution is -0.160. The highest BCUT2D eigenvalue weighted by atomic mass is 16.6. The molecule has 0 N–H and O–H groups in total. The maximum absolute atomic E-state index is 12.1. The van der Waals surface area contributed by atoms with Crippen molar-refractivity contribution >= 4 is 5.97 Å². The van der Waals surface area contributed by atoms with Gasteiger partial charge in [-0.2, -0.15) is 4.98 Å². The summed E-state index contributed by atoms with van der Waals surface area (Å²) in [6.07, 6.45) is 1.80. The zero-order chi connectivity index (χ0) is 14.0. The van der Waals surface area contributed by atoms with Crippen LogP contribution in [0.1, 0.15) is 45.3 Å². The van der Waals surface area contributed by atoms with E-state index in [4.69, 9.17) is 9.26 Å². The van der Waals surface area contributed by atoms with Gasteiger partial charge in [0.25, 0.3) is 0 Å². The number of esters is 1. The summed E-state index contributed by atoms with van der Waals surface area (Å²) in [7, 11) is 0. The van der Waals surface area contributed by atoms with Gasteiger partial charge in [-0.15, -0.1) is 0 Å². The molecule has 1 aliphatic rings. The quantitative estimate of drug-likeness (QED) is 0.776. The third kappa shape index (κ3) is 3.76. The number of carbonyl (C=O) groups is 1. The highest BCUT2D eigenvalue weighted by Gasteiger charge is 2.34. The van der Waals surface area contributed by atoms with Crippen molar-refractivity contribution in [2.45, 2.75) is 58.7 Å². The SMILES string of the molecule is Cc1noc(CN2CCC[C@@H]2C(=O)OC(C)(C)C)n1. The molecule has 6 nitrogen and oxygen atoms in total. The van der Waals surface area contributed by atoms with Crippen molar-refractivity contribution in [3.8, 4) is 0 Å². The van der Waals surface area contributed by atoms with Crippen LogP contribution in [-0.2, 0) is 16.1 Å². The number of aryl methyl sites for hydroxylation is 1. The number of nitrogens with zero attached hydrogens (tertiary/aromatic N) is 3. The van der Waals surface area contributed by atoms with E-state index in [1.807, 2.05) is 25.7 Å². The van der Waals surface area contributed by atoms with E-state index in [1.54, 1.807) is 6.92 Å². The highest BCUT2D eigenvalue weighted by Crippen LogP contribution is 2.22. The first-order chi connectivity index (χ1) is 8.85. The lowest BCUT2D eigenvalue weighted by atomic mass is 10.1. The van der Waals surface area contributed by atoms with Gasteiger partial charge in [0.05, 0.1) is 6.54 Å². The van der Waals surface area contributed by atoms with Gasteiger partial charge in [-0.1, -0.05) is 5.16 Å². The molecule has 106 valence electrons. The second-order valence-corrected chi connectivity index (χ2v) is 5.90. The normalized spacial score (nSPS) is 20.7. The topological polar surface area (TPSA) is 68.5 Å². The minimum atomic E-state index is -0.452. The number of hydrogen-bond acceptors (Lipinski definition) is 6. The number of hydrogen-bond donors (Lipinski definition) is 0. The van der Waals surface area contributed by atoms with Crippen LogP contribution < -0.4 is 0 Å². The Labute approximate surface area is 113 Å². The Kier molecular flexibility index (Phi) is 3.89. The van der Waals surface area contributed by atoms with Gasteiger partial charge in [0, 0.05) is 0 Å². The van der Waals surface area contributed by atoms with Crippen LogP contribution in [-0.4, -0.2) is 39.2 Å². The average molecular weight is 267 g/mol. The predicted molar refractivity (Wildman–Crippen MR) is 68.3 cm³/mol. The number of carbonyl (C=O) groups excluding carboxylic acids is 1. The fraction of sp³-hybridized carbons (Fsp3) is 0.769. The standard InChI is InChI=1S/C13H21N3O3/c1-9-14-11(19-15-9)8-16-7-5-6-10(16)12(17)18-13(2,3)4/h10H,5-8H2,1-4H3/t10-/m1/s1. The first-order valence-corrected chi connectivity index (χ1v) is 6.61. The van der Waals surface area contributed by atoms with E-state index in [1.165, 1.54) is 0 Å². The largest absolute Gasteiger partial charge is 0.459 e. The van der Waals surface area contributed by atoms with Crippen molar-refractivity contribution in [3.05, 3.63) is 11.7 Å². The molecule has 0 radical (unpaired) electrons. The smallest absolute Gasteiger partial charge is 0.323 e. The van der Waals surface area contributed by atoms with Crippen molar-refractivity contribution in [2.24, 2.45) is 0 Å². The Bertz CT molecular complexity index is 450. The lowest BCUT2D eigenvalue weighted by Gasteiger charge is -2.26. The maximum atomic E-state index is 12.1. The molecule has 2 rings (SSSR count). The minimum Gasteiger partial charge on any atom is -0.459 e. The Morgan fingerprint density at radius 3 is 2.84 bits per heavy atom. The molecule has 0 bridgehead atoms. The summed E-state index contributed by atoms with van der Waals surface area (Å²) in [5.74, 6) is 0.997. The molecule has 0 saturated carbocycles. The Morgan fingerprint density at radius 2 is 2.26 bits per heavy atom. The molecule has 1 aromatic heterocycles. The van der Waals surface area contributed by atoms with E-state index in [9.17, 15) is 4.79 Å². The van der Waals surface area contributed by atoms with Gasteiger partial charge in [-0.05, 0) is 47.1 Å². The molecule has 1 aliphatic heterocycles. The summed E-state index contributed by atoms with van der Waals surface area (Å²) in [6.45, 7) is 8.78. The molecule has 1 saturated heterocycles. The number of likely N-dealkylation sites (tertiary alicyclic amines) is 1. The summed E-state index contributed by atoms with van der Waals surface area (Å²) in [5.41, 5.74) is -0.452. The molecule has 0 spiro atoms. The number of rotatable bonds is 3. The van der Waals surface area contributed by atoms with E-state index >= 15 is 0 Å². The number of aromatic nitrogens is 2. The van der Waals surface area contributed by atoms with E-state index in [0.29, 0.717) is 18.3 Å². The maximum Gasteiger partial charge on any atom is 0.323 e. The molecule has 0 unspecified atom stereocenters. The van der Waals surface area contributed by atoms with Gasteiger partial charge in [0.15, 0.2) is 5.82 Å².